The smallest absolute Gasteiger partial charge is 0.463 e. The first-order valence-corrected chi connectivity index (χ1v) is 35.6. The molecule has 100 heavy (non-hydrogen) atoms. The second kappa shape index (κ2) is 34.9. The lowest BCUT2D eigenvalue weighted by atomic mass is 9.86. The number of carbonyl (C=O) groups excluding carboxylic acids is 6. The Morgan fingerprint density at radius 1 is 0.300 bits per heavy atom. The van der Waals surface area contributed by atoms with Crippen molar-refractivity contribution in [2.75, 3.05) is 0 Å². The molecule has 0 aliphatic carbocycles. The predicted molar refractivity (Wildman–Crippen MR) is 388 cm³/mol. The molecule has 18 heteroatoms. The first-order valence-electron chi connectivity index (χ1n) is 33.4. The topological polar surface area (TPSA) is 195 Å². The normalized spacial score (nSPS) is 11.3. The van der Waals surface area contributed by atoms with Crippen LogP contribution in [0.1, 0.15) is 135 Å². The Morgan fingerprint density at radius 3 is 0.830 bits per heavy atom. The van der Waals surface area contributed by atoms with Gasteiger partial charge in [0.1, 0.15) is 23.0 Å². The monoisotopic (exact) mass is 1380 g/mol. The van der Waals surface area contributed by atoms with Crippen molar-refractivity contribution >= 4 is 74.2 Å². The first-order chi connectivity index (χ1) is 48.3. The summed E-state index contributed by atoms with van der Waals surface area (Å²) in [6.45, 7) is 14.3. The maximum atomic E-state index is 16.0. The van der Waals surface area contributed by atoms with Crippen LogP contribution in [0, 0.1) is 0 Å². The van der Waals surface area contributed by atoms with E-state index in [2.05, 4.69) is 0 Å². The van der Waals surface area contributed by atoms with Crippen molar-refractivity contribution in [3.8, 4) is 45.6 Å². The van der Waals surface area contributed by atoms with Crippen LogP contribution in [0.2, 0.25) is 0 Å². The Labute approximate surface area is 585 Å². The van der Waals surface area contributed by atoms with E-state index in [-0.39, 0.29) is 110 Å². The van der Waals surface area contributed by atoms with E-state index in [0.717, 1.165) is 0 Å². The van der Waals surface area contributed by atoms with Crippen molar-refractivity contribution < 1.29 is 74.9 Å². The highest BCUT2D eigenvalue weighted by Crippen LogP contribution is 2.57. The molecular formula is C82H80O16P2. The van der Waals surface area contributed by atoms with E-state index in [9.17, 15) is 19.2 Å². The lowest BCUT2D eigenvalue weighted by Crippen LogP contribution is -2.14. The Bertz CT molecular complexity index is 4080. The van der Waals surface area contributed by atoms with Gasteiger partial charge in [-0.2, -0.15) is 0 Å². The zero-order valence-corrected chi connectivity index (χ0v) is 59.0. The fourth-order valence-electron chi connectivity index (χ4n) is 11.2. The minimum Gasteiger partial charge on any atom is -0.463 e. The van der Waals surface area contributed by atoms with Gasteiger partial charge in [0, 0.05) is 47.9 Å². The summed E-state index contributed by atoms with van der Waals surface area (Å²) in [5, 5.41) is 2.25. The minimum atomic E-state index is -2.80. The molecular weight excluding hydrogens is 1300 g/mol. The second-order valence-corrected chi connectivity index (χ2v) is 26.7. The largest absolute Gasteiger partial charge is 0.530 e. The summed E-state index contributed by atoms with van der Waals surface area (Å²) >= 11 is 0. The standard InChI is InChI=1S/C82H80O16P2/c1-53(2)89-73(83)47-43-57-27-17-23-39-69(57)93-99(94-70-40-24-18-28-58(70)44-48-74(84)90-54(3)4)97-81-67(79(87)61-31-11-9-12-32-61)51-63-35-15-21-37-65(63)77(81)78-66-38-22-16-36-64(66)52-68(80(88)62-33-13-10-14-34-62)82(78)98-100(95-71-41-25-19-29-59(71)45-49-75(85)91-55(5)6)96-72-42-26-20-30-60(72)46-50-76(86)92-56(7)8/h9-42,51-56H,43-50H2,1-8H3. The molecule has 0 saturated heterocycles. The molecule has 0 N–H and O–H groups in total. The Morgan fingerprint density at radius 2 is 0.550 bits per heavy atom. The maximum absolute atomic E-state index is 16.0. The lowest BCUT2D eigenvalue weighted by Gasteiger charge is -2.27. The average Bonchev–Trinajstić information content (AvgIpc) is 0.728. The number of para-hydroxylation sites is 4. The van der Waals surface area contributed by atoms with Crippen LogP contribution in [0.4, 0.5) is 0 Å². The van der Waals surface area contributed by atoms with Crippen molar-refractivity contribution in [2.24, 2.45) is 0 Å². The number of esters is 4. The third-order valence-corrected chi connectivity index (χ3v) is 17.6. The van der Waals surface area contributed by atoms with Crippen LogP contribution in [0.15, 0.2) is 218 Å². The molecule has 514 valence electrons. The highest BCUT2D eigenvalue weighted by molar-refractivity contribution is 7.43. The molecule has 0 spiro atoms. The van der Waals surface area contributed by atoms with Crippen LogP contribution in [-0.2, 0) is 63.8 Å². The van der Waals surface area contributed by atoms with Gasteiger partial charge < -0.3 is 46.1 Å². The zero-order valence-electron chi connectivity index (χ0n) is 57.2. The zero-order chi connectivity index (χ0) is 70.7. The SMILES string of the molecule is CC(C)OC(=O)CCc1ccccc1OP(Oc1ccccc1CCC(=O)OC(C)C)Oc1c(C(=O)c2ccccc2)cc2ccccc2c1-c1c(OP(Oc2ccccc2CCC(=O)OC(C)C)Oc2ccccc2CCC(=O)OC(C)C)c(C(=O)c2ccccc2)cc2ccccc12. The molecule has 0 amide bonds. The Balaban J connectivity index is 1.25. The van der Waals surface area contributed by atoms with Crippen molar-refractivity contribution in [3.05, 3.63) is 263 Å². The molecule has 0 aliphatic heterocycles. The molecule has 0 aromatic heterocycles. The van der Waals surface area contributed by atoms with Gasteiger partial charge in [-0.1, -0.05) is 182 Å². The Kier molecular flexibility index (Phi) is 25.2. The molecule has 16 nitrogen and oxygen atoms in total. The summed E-state index contributed by atoms with van der Waals surface area (Å²) in [5.41, 5.74) is 3.74. The van der Waals surface area contributed by atoms with E-state index in [1.807, 2.05) is 109 Å². The molecule has 0 radical (unpaired) electrons. The molecule has 0 saturated carbocycles. The van der Waals surface area contributed by atoms with E-state index in [4.69, 9.17) is 46.1 Å². The molecule has 0 atom stereocenters. The summed E-state index contributed by atoms with van der Waals surface area (Å²) in [6, 6.07) is 64.7. The minimum absolute atomic E-state index is 0.0128. The lowest BCUT2D eigenvalue weighted by molar-refractivity contribution is -0.148. The Hall–Kier alpha value is -10.4. The van der Waals surface area contributed by atoms with Crippen LogP contribution in [0.3, 0.4) is 0 Å². The summed E-state index contributed by atoms with van der Waals surface area (Å²) in [7, 11) is -5.61. The molecule has 0 aliphatic rings. The summed E-state index contributed by atoms with van der Waals surface area (Å²) in [4.78, 5) is 84.8. The van der Waals surface area contributed by atoms with Crippen LogP contribution < -0.4 is 27.1 Å². The molecule has 0 heterocycles. The van der Waals surface area contributed by atoms with Gasteiger partial charge in [-0.05, 0) is 161 Å². The van der Waals surface area contributed by atoms with Gasteiger partial charge in [0.2, 0.25) is 0 Å². The van der Waals surface area contributed by atoms with Gasteiger partial charge >= 0.3 is 41.1 Å². The predicted octanol–water partition coefficient (Wildman–Crippen LogP) is 19.2. The third kappa shape index (κ3) is 19.5. The number of fused-ring (bicyclic) bond motifs is 2. The highest BCUT2D eigenvalue weighted by Gasteiger charge is 2.36. The van der Waals surface area contributed by atoms with Gasteiger partial charge in [0.05, 0.1) is 35.5 Å². The number of aryl methyl sites for hydroxylation is 4. The number of ketones is 2. The first kappa shape index (κ1) is 72.3. The van der Waals surface area contributed by atoms with E-state index in [1.54, 1.807) is 165 Å². The van der Waals surface area contributed by atoms with Crippen molar-refractivity contribution in [1.29, 1.82) is 0 Å². The van der Waals surface area contributed by atoms with Gasteiger partial charge in [-0.25, -0.2) is 0 Å². The molecule has 0 bridgehead atoms. The van der Waals surface area contributed by atoms with Crippen LogP contribution >= 0.6 is 17.2 Å². The number of ether oxygens (including phenoxy) is 4. The summed E-state index contributed by atoms with van der Waals surface area (Å²) < 4.78 is 65.7. The maximum Gasteiger partial charge on any atom is 0.530 e. The van der Waals surface area contributed by atoms with E-state index >= 15 is 9.59 Å². The van der Waals surface area contributed by atoms with Crippen LogP contribution in [0.5, 0.6) is 34.5 Å². The fraction of sp³-hybridized carbons (Fsp3) is 0.244. The number of carbonyl (C=O) groups is 6. The number of rotatable bonds is 33. The molecule has 0 fully saturated rings. The molecule has 10 aromatic carbocycles. The van der Waals surface area contributed by atoms with Gasteiger partial charge in [0.15, 0.2) is 23.1 Å². The molecule has 10 aromatic rings. The second-order valence-electron chi connectivity index (χ2n) is 24.7. The number of hydrogen-bond donors (Lipinski definition) is 0. The van der Waals surface area contributed by atoms with Crippen LogP contribution in [-0.4, -0.2) is 59.9 Å². The number of benzene rings is 10. The van der Waals surface area contributed by atoms with Crippen molar-refractivity contribution in [2.45, 2.75) is 131 Å². The van der Waals surface area contributed by atoms with E-state index in [1.165, 1.54) is 0 Å². The van der Waals surface area contributed by atoms with Crippen molar-refractivity contribution in [1.82, 2.24) is 0 Å². The summed E-state index contributed by atoms with van der Waals surface area (Å²) in [5.74, 6) is -1.46. The molecule has 10 rings (SSSR count). The average molecular weight is 1380 g/mol. The summed E-state index contributed by atoms with van der Waals surface area (Å²) in [6.07, 6.45) is -0.533. The highest BCUT2D eigenvalue weighted by atomic mass is 31.2. The third-order valence-electron chi connectivity index (χ3n) is 15.6. The van der Waals surface area contributed by atoms with Crippen LogP contribution in [0.25, 0.3) is 32.7 Å². The molecule has 0 unspecified atom stereocenters. The van der Waals surface area contributed by atoms with Crippen molar-refractivity contribution in [3.63, 3.8) is 0 Å². The van der Waals surface area contributed by atoms with E-state index in [0.29, 0.717) is 77.9 Å². The van der Waals surface area contributed by atoms with Gasteiger partial charge in [-0.15, -0.1) is 0 Å². The van der Waals surface area contributed by atoms with Gasteiger partial charge in [-0.3, -0.25) is 28.8 Å². The van der Waals surface area contributed by atoms with E-state index < -0.39 is 52.6 Å². The van der Waals surface area contributed by atoms with Gasteiger partial charge in [0.25, 0.3) is 0 Å². The quantitative estimate of drug-likeness (QED) is 0.0163. The number of hydrogen-bond acceptors (Lipinski definition) is 16. The fourth-order valence-corrected chi connectivity index (χ4v) is 13.4.